The highest BCUT2D eigenvalue weighted by Crippen LogP contribution is 2.26. The van der Waals surface area contributed by atoms with Crippen molar-refractivity contribution in [3.05, 3.63) is 71.7 Å². The molecule has 4 aromatic rings. The van der Waals surface area contributed by atoms with E-state index in [1.165, 1.54) is 5.56 Å². The smallest absolute Gasteiger partial charge is 0.118 e. The van der Waals surface area contributed by atoms with E-state index in [1.54, 1.807) is 7.11 Å². The van der Waals surface area contributed by atoms with Crippen molar-refractivity contribution in [1.29, 1.82) is 0 Å². The van der Waals surface area contributed by atoms with Crippen molar-refractivity contribution in [2.75, 3.05) is 12.8 Å². The zero-order valence-electron chi connectivity index (χ0n) is 15.6. The molecular formula is C21H23N5O. The van der Waals surface area contributed by atoms with Crippen LogP contribution in [0.4, 0.5) is 5.69 Å². The molecule has 4 rings (SSSR count). The predicted molar refractivity (Wildman–Crippen MR) is 107 cm³/mol. The number of hydrogen-bond donors (Lipinski definition) is 1. The first kappa shape index (κ1) is 17.1. The van der Waals surface area contributed by atoms with Gasteiger partial charge in [0.05, 0.1) is 37.1 Å². The lowest BCUT2D eigenvalue weighted by Crippen LogP contribution is -2.11. The molecule has 0 saturated carbocycles. The Bertz CT molecular complexity index is 1060. The van der Waals surface area contributed by atoms with Crippen molar-refractivity contribution in [3.63, 3.8) is 0 Å². The summed E-state index contributed by atoms with van der Waals surface area (Å²) < 4.78 is 9.25. The van der Waals surface area contributed by atoms with E-state index in [2.05, 4.69) is 30.2 Å². The van der Waals surface area contributed by atoms with Crippen LogP contribution in [-0.4, -0.2) is 26.7 Å². The Morgan fingerprint density at radius 1 is 1.00 bits per heavy atom. The monoisotopic (exact) mass is 361 g/mol. The Kier molecular flexibility index (Phi) is 4.54. The third-order valence-corrected chi connectivity index (χ3v) is 4.83. The second-order valence-electron chi connectivity index (χ2n) is 6.53. The van der Waals surface area contributed by atoms with E-state index in [4.69, 9.17) is 15.6 Å². The number of methoxy groups -OCH3 is 1. The normalized spacial score (nSPS) is 11.2. The van der Waals surface area contributed by atoms with Crippen LogP contribution in [0, 0.1) is 0 Å². The molecule has 2 aromatic carbocycles. The maximum atomic E-state index is 6.19. The fraction of sp³-hybridized carbons (Fsp3) is 0.238. The summed E-state index contributed by atoms with van der Waals surface area (Å²) in [6.45, 7) is 3.46. The molecule has 0 fully saturated rings. The van der Waals surface area contributed by atoms with E-state index in [9.17, 15) is 0 Å². The van der Waals surface area contributed by atoms with Crippen LogP contribution in [0.1, 0.15) is 23.9 Å². The van der Waals surface area contributed by atoms with Gasteiger partial charge in [-0.2, -0.15) is 10.2 Å². The average molecular weight is 361 g/mol. The Morgan fingerprint density at radius 2 is 1.81 bits per heavy atom. The third kappa shape index (κ3) is 3.26. The quantitative estimate of drug-likeness (QED) is 0.534. The molecular weight excluding hydrogens is 338 g/mol. The molecule has 0 aliphatic carbocycles. The van der Waals surface area contributed by atoms with Gasteiger partial charge in [-0.3, -0.25) is 9.36 Å². The van der Waals surface area contributed by atoms with Crippen LogP contribution in [0.3, 0.4) is 0 Å². The number of benzene rings is 2. The average Bonchev–Trinajstić information content (AvgIpc) is 3.28. The van der Waals surface area contributed by atoms with E-state index in [0.29, 0.717) is 13.1 Å². The van der Waals surface area contributed by atoms with Gasteiger partial charge in [0, 0.05) is 17.3 Å². The number of ether oxygens (including phenoxy) is 1. The molecule has 0 bridgehead atoms. The third-order valence-electron chi connectivity index (χ3n) is 4.83. The molecule has 0 saturated heterocycles. The van der Waals surface area contributed by atoms with E-state index in [1.807, 2.05) is 45.9 Å². The van der Waals surface area contributed by atoms with Gasteiger partial charge in [0.25, 0.3) is 0 Å². The first-order valence-electron chi connectivity index (χ1n) is 9.07. The van der Waals surface area contributed by atoms with Crippen molar-refractivity contribution in [3.8, 4) is 5.75 Å². The van der Waals surface area contributed by atoms with Gasteiger partial charge < -0.3 is 10.5 Å². The minimum absolute atomic E-state index is 0.649. The largest absolute Gasteiger partial charge is 0.497 e. The summed E-state index contributed by atoms with van der Waals surface area (Å²) in [6.07, 6.45) is 2.68. The van der Waals surface area contributed by atoms with Gasteiger partial charge >= 0.3 is 0 Å². The number of fused-ring (bicyclic) bond motifs is 1. The van der Waals surface area contributed by atoms with Gasteiger partial charge in [-0.25, -0.2) is 0 Å². The van der Waals surface area contributed by atoms with Gasteiger partial charge in [-0.15, -0.1) is 0 Å². The van der Waals surface area contributed by atoms with Gasteiger partial charge in [-0.05, 0) is 42.3 Å². The lowest BCUT2D eigenvalue weighted by molar-refractivity contribution is 0.414. The van der Waals surface area contributed by atoms with Crippen molar-refractivity contribution in [1.82, 2.24) is 19.6 Å². The first-order valence-corrected chi connectivity index (χ1v) is 9.07. The molecule has 2 heterocycles. The Balaban J connectivity index is 1.64. The molecule has 0 aliphatic rings. The molecule has 27 heavy (non-hydrogen) atoms. The molecule has 2 N–H and O–H groups in total. The fourth-order valence-corrected chi connectivity index (χ4v) is 3.40. The summed E-state index contributed by atoms with van der Waals surface area (Å²) >= 11 is 0. The van der Waals surface area contributed by atoms with E-state index < -0.39 is 0 Å². The summed E-state index contributed by atoms with van der Waals surface area (Å²) in [6, 6.07) is 16.1. The van der Waals surface area contributed by atoms with Crippen LogP contribution in [-0.2, 0) is 19.5 Å². The molecule has 0 aliphatic heterocycles. The highest BCUT2D eigenvalue weighted by atomic mass is 16.5. The van der Waals surface area contributed by atoms with Crippen LogP contribution >= 0.6 is 0 Å². The topological polar surface area (TPSA) is 70.9 Å². The van der Waals surface area contributed by atoms with Gasteiger partial charge in [-0.1, -0.05) is 25.1 Å². The number of nitrogens with zero attached hydrogens (tertiary/aromatic N) is 4. The lowest BCUT2D eigenvalue weighted by Gasteiger charge is -2.09. The standard InChI is InChI=1S/C21H23N5O/c1-3-19-21-18(22)5-4-6-20(21)26(24-19)14-16-11-12-23-25(16)13-15-7-9-17(27-2)10-8-15/h4-12H,3,13-14,22H2,1-2H3. The summed E-state index contributed by atoms with van der Waals surface area (Å²) in [4.78, 5) is 0. The minimum atomic E-state index is 0.649. The Labute approximate surface area is 158 Å². The number of anilines is 1. The number of aryl methyl sites for hydroxylation is 1. The molecule has 6 nitrogen and oxygen atoms in total. The van der Waals surface area contributed by atoms with Crippen LogP contribution in [0.2, 0.25) is 0 Å². The molecule has 2 aromatic heterocycles. The number of aromatic nitrogens is 4. The minimum Gasteiger partial charge on any atom is -0.497 e. The number of rotatable bonds is 6. The lowest BCUT2D eigenvalue weighted by atomic mass is 10.1. The van der Waals surface area contributed by atoms with Crippen LogP contribution in [0.15, 0.2) is 54.7 Å². The first-order chi connectivity index (χ1) is 13.2. The summed E-state index contributed by atoms with van der Waals surface area (Å²) in [5, 5.41) is 10.3. The molecule has 0 amide bonds. The molecule has 0 radical (unpaired) electrons. The van der Waals surface area contributed by atoms with Crippen LogP contribution in [0.25, 0.3) is 10.9 Å². The highest BCUT2D eigenvalue weighted by molar-refractivity contribution is 5.93. The number of nitrogens with two attached hydrogens (primary N) is 1. The molecule has 0 unspecified atom stereocenters. The summed E-state index contributed by atoms with van der Waals surface area (Å²) in [5.74, 6) is 0.854. The Morgan fingerprint density at radius 3 is 2.56 bits per heavy atom. The summed E-state index contributed by atoms with van der Waals surface area (Å²) in [7, 11) is 1.67. The second kappa shape index (κ2) is 7.15. The SMILES string of the molecule is CCc1nn(Cc2ccnn2Cc2ccc(OC)cc2)c2cccc(N)c12. The van der Waals surface area contributed by atoms with Crippen molar-refractivity contribution in [2.24, 2.45) is 0 Å². The molecule has 0 atom stereocenters. The zero-order chi connectivity index (χ0) is 18.8. The van der Waals surface area contributed by atoms with Gasteiger partial charge in [0.1, 0.15) is 5.75 Å². The highest BCUT2D eigenvalue weighted by Gasteiger charge is 2.13. The number of nitrogen functional groups attached to an aromatic ring is 1. The molecule has 0 spiro atoms. The van der Waals surface area contributed by atoms with Gasteiger partial charge in [0.2, 0.25) is 0 Å². The molecule has 138 valence electrons. The predicted octanol–water partition coefficient (Wildman–Crippen LogP) is 3.48. The van der Waals surface area contributed by atoms with Gasteiger partial charge in [0.15, 0.2) is 0 Å². The van der Waals surface area contributed by atoms with Crippen molar-refractivity contribution in [2.45, 2.75) is 26.4 Å². The Hall–Kier alpha value is -3.28. The summed E-state index contributed by atoms with van der Waals surface area (Å²) in [5.41, 5.74) is 11.3. The zero-order valence-corrected chi connectivity index (χ0v) is 15.6. The number of hydrogen-bond acceptors (Lipinski definition) is 4. The van der Waals surface area contributed by atoms with Crippen LogP contribution in [0.5, 0.6) is 5.75 Å². The molecule has 6 heteroatoms. The van der Waals surface area contributed by atoms with Crippen molar-refractivity contribution >= 4 is 16.6 Å². The maximum absolute atomic E-state index is 6.19. The maximum Gasteiger partial charge on any atom is 0.118 e. The van der Waals surface area contributed by atoms with Crippen molar-refractivity contribution < 1.29 is 4.74 Å². The second-order valence-corrected chi connectivity index (χ2v) is 6.53. The van der Waals surface area contributed by atoms with Crippen LogP contribution < -0.4 is 10.5 Å². The van der Waals surface area contributed by atoms with E-state index in [-0.39, 0.29) is 0 Å². The van der Waals surface area contributed by atoms with E-state index >= 15 is 0 Å². The fourth-order valence-electron chi connectivity index (χ4n) is 3.40. The van der Waals surface area contributed by atoms with E-state index in [0.717, 1.165) is 40.1 Å².